The molecular weight excluding hydrogens is 450 g/mol. The highest BCUT2D eigenvalue weighted by atomic mass is 35.5. The van der Waals surface area contributed by atoms with Crippen molar-refractivity contribution >= 4 is 69.3 Å². The van der Waals surface area contributed by atoms with Crippen LogP contribution in [0.15, 0.2) is 40.3 Å². The first kappa shape index (κ1) is 22.4. The fourth-order valence-corrected chi connectivity index (χ4v) is 3.70. The molecule has 29 heavy (non-hydrogen) atoms. The number of benzene rings is 2. The maximum Gasteiger partial charge on any atom is 0.107 e. The number of fused-ring (bicyclic) bond motifs is 1. The van der Waals surface area contributed by atoms with Gasteiger partial charge in [0.15, 0.2) is 0 Å². The van der Waals surface area contributed by atoms with E-state index in [1.165, 1.54) is 0 Å². The van der Waals surface area contributed by atoms with Crippen molar-refractivity contribution in [2.45, 2.75) is 20.3 Å². The monoisotopic (exact) mass is 470 g/mol. The summed E-state index contributed by atoms with van der Waals surface area (Å²) in [7, 11) is 0. The molecule has 1 heterocycles. The Bertz CT molecular complexity index is 952. The molecule has 0 aliphatic carbocycles. The van der Waals surface area contributed by atoms with Gasteiger partial charge >= 0.3 is 0 Å². The van der Waals surface area contributed by atoms with Crippen LogP contribution in [-0.4, -0.2) is 42.6 Å². The SMILES string of the molecule is CCN(CC)CCN=C1CC(c2ccc(Cl)c(Cl)c2)=Nc2cc(Cl)c(Cl)cc2N1. The molecule has 3 rings (SSSR count). The van der Waals surface area contributed by atoms with E-state index in [1.807, 2.05) is 12.1 Å². The van der Waals surface area contributed by atoms with Crippen LogP contribution >= 0.6 is 46.4 Å². The molecule has 0 spiro atoms. The Morgan fingerprint density at radius 3 is 2.34 bits per heavy atom. The number of nitrogens with one attached hydrogen (secondary N) is 1. The summed E-state index contributed by atoms with van der Waals surface area (Å²) in [6.45, 7) is 7.89. The number of anilines is 1. The van der Waals surface area contributed by atoms with Gasteiger partial charge in [-0.25, -0.2) is 0 Å². The Kier molecular flexibility index (Phi) is 7.83. The summed E-state index contributed by atoms with van der Waals surface area (Å²) in [5.74, 6) is 0.819. The number of likely N-dealkylation sites (N-methyl/N-ethyl adjacent to an activating group) is 1. The number of halogens is 4. The van der Waals surface area contributed by atoms with Crippen LogP contribution in [0.4, 0.5) is 11.4 Å². The predicted octanol–water partition coefficient (Wildman–Crippen LogP) is 6.98. The molecule has 2 aromatic rings. The van der Waals surface area contributed by atoms with Gasteiger partial charge < -0.3 is 10.2 Å². The van der Waals surface area contributed by atoms with E-state index in [2.05, 4.69) is 24.1 Å². The van der Waals surface area contributed by atoms with Gasteiger partial charge in [0.1, 0.15) is 5.84 Å². The Morgan fingerprint density at radius 1 is 0.966 bits per heavy atom. The second-order valence-electron chi connectivity index (χ2n) is 6.63. The van der Waals surface area contributed by atoms with Crippen LogP contribution in [-0.2, 0) is 0 Å². The van der Waals surface area contributed by atoms with E-state index >= 15 is 0 Å². The van der Waals surface area contributed by atoms with Gasteiger partial charge in [-0.1, -0.05) is 66.3 Å². The minimum atomic E-state index is 0.450. The highest BCUT2D eigenvalue weighted by Crippen LogP contribution is 2.37. The first-order valence-electron chi connectivity index (χ1n) is 9.46. The van der Waals surface area contributed by atoms with E-state index in [0.29, 0.717) is 38.7 Å². The van der Waals surface area contributed by atoms with Crippen molar-refractivity contribution in [3.05, 3.63) is 56.0 Å². The smallest absolute Gasteiger partial charge is 0.107 e. The van der Waals surface area contributed by atoms with Gasteiger partial charge in [0.25, 0.3) is 0 Å². The van der Waals surface area contributed by atoms with E-state index in [9.17, 15) is 0 Å². The summed E-state index contributed by atoms with van der Waals surface area (Å²) in [6.07, 6.45) is 0.528. The molecule has 0 saturated carbocycles. The molecule has 4 nitrogen and oxygen atoms in total. The molecule has 1 N–H and O–H groups in total. The van der Waals surface area contributed by atoms with Crippen molar-refractivity contribution in [2.75, 3.05) is 31.5 Å². The lowest BCUT2D eigenvalue weighted by Gasteiger charge is -2.17. The van der Waals surface area contributed by atoms with E-state index in [1.54, 1.807) is 18.2 Å². The lowest BCUT2D eigenvalue weighted by atomic mass is 10.1. The molecule has 0 amide bonds. The molecule has 154 valence electrons. The zero-order valence-electron chi connectivity index (χ0n) is 16.3. The zero-order valence-corrected chi connectivity index (χ0v) is 19.3. The third-order valence-corrected chi connectivity index (χ3v) is 6.24. The largest absolute Gasteiger partial charge is 0.342 e. The highest BCUT2D eigenvalue weighted by Gasteiger charge is 2.18. The third kappa shape index (κ3) is 5.65. The van der Waals surface area contributed by atoms with Gasteiger partial charge in [0, 0.05) is 13.0 Å². The Balaban J connectivity index is 1.98. The highest BCUT2D eigenvalue weighted by molar-refractivity contribution is 6.43. The van der Waals surface area contributed by atoms with Crippen LogP contribution in [0.3, 0.4) is 0 Å². The number of nitrogens with zero attached hydrogens (tertiary/aromatic N) is 3. The predicted molar refractivity (Wildman–Crippen MR) is 127 cm³/mol. The lowest BCUT2D eigenvalue weighted by Crippen LogP contribution is -2.26. The molecule has 1 aliphatic heterocycles. The van der Waals surface area contributed by atoms with Crippen LogP contribution < -0.4 is 5.32 Å². The number of rotatable bonds is 6. The first-order valence-corrected chi connectivity index (χ1v) is 11.0. The fourth-order valence-electron chi connectivity index (χ4n) is 3.08. The zero-order chi connectivity index (χ0) is 21.0. The average molecular weight is 472 g/mol. The summed E-state index contributed by atoms with van der Waals surface area (Å²) in [4.78, 5) is 12.0. The number of aliphatic imine (C=N–C) groups is 2. The summed E-state index contributed by atoms with van der Waals surface area (Å²) < 4.78 is 0. The Morgan fingerprint density at radius 2 is 1.66 bits per heavy atom. The topological polar surface area (TPSA) is 40.0 Å². The minimum absolute atomic E-state index is 0.450. The molecule has 0 unspecified atom stereocenters. The molecule has 2 aromatic carbocycles. The Hall–Kier alpha value is -1.30. The third-order valence-electron chi connectivity index (χ3n) is 4.77. The molecule has 0 fully saturated rings. The van der Waals surface area contributed by atoms with Crippen LogP contribution in [0, 0.1) is 0 Å². The lowest BCUT2D eigenvalue weighted by molar-refractivity contribution is 0.313. The van der Waals surface area contributed by atoms with Crippen molar-refractivity contribution in [2.24, 2.45) is 9.98 Å². The summed E-state index contributed by atoms with van der Waals surface area (Å²) in [5.41, 5.74) is 3.19. The molecule has 0 bridgehead atoms. The van der Waals surface area contributed by atoms with Crippen molar-refractivity contribution < 1.29 is 0 Å². The molecule has 0 radical (unpaired) electrons. The van der Waals surface area contributed by atoms with Gasteiger partial charge in [0.05, 0.1) is 43.7 Å². The van der Waals surface area contributed by atoms with Crippen LogP contribution in [0.2, 0.25) is 20.1 Å². The van der Waals surface area contributed by atoms with Crippen LogP contribution in [0.1, 0.15) is 25.8 Å². The Labute approximate surface area is 191 Å². The molecule has 1 aliphatic rings. The van der Waals surface area contributed by atoms with E-state index in [0.717, 1.165) is 42.4 Å². The second-order valence-corrected chi connectivity index (χ2v) is 8.26. The van der Waals surface area contributed by atoms with Gasteiger partial charge in [-0.2, -0.15) is 0 Å². The quantitative estimate of drug-likeness (QED) is 0.493. The minimum Gasteiger partial charge on any atom is -0.342 e. The summed E-state index contributed by atoms with van der Waals surface area (Å²) >= 11 is 24.8. The van der Waals surface area contributed by atoms with E-state index < -0.39 is 0 Å². The maximum atomic E-state index is 6.23. The molecule has 8 heteroatoms. The molecule has 0 saturated heterocycles. The summed E-state index contributed by atoms with van der Waals surface area (Å²) in [6, 6.07) is 9.03. The van der Waals surface area contributed by atoms with Crippen molar-refractivity contribution in [1.82, 2.24) is 4.90 Å². The fraction of sp³-hybridized carbons (Fsp3) is 0.333. The second kappa shape index (κ2) is 10.1. The standard InChI is InChI=1S/C21H22Cl4N4/c1-3-29(4-2)8-7-26-21-12-18(13-5-6-14(22)15(23)9-13)27-19-10-16(24)17(25)11-20(19)28-21/h5-6,9-11H,3-4,7-8,12H2,1-2H3,(H,26,28). The summed E-state index contributed by atoms with van der Waals surface area (Å²) in [5, 5.41) is 5.28. The van der Waals surface area contributed by atoms with E-state index in [-0.39, 0.29) is 0 Å². The van der Waals surface area contributed by atoms with E-state index in [4.69, 9.17) is 56.4 Å². The van der Waals surface area contributed by atoms with Crippen molar-refractivity contribution in [1.29, 1.82) is 0 Å². The van der Waals surface area contributed by atoms with Gasteiger partial charge in [-0.15, -0.1) is 0 Å². The van der Waals surface area contributed by atoms with Crippen LogP contribution in [0.5, 0.6) is 0 Å². The number of hydrogen-bond donors (Lipinski definition) is 1. The van der Waals surface area contributed by atoms with Crippen molar-refractivity contribution in [3.8, 4) is 0 Å². The van der Waals surface area contributed by atoms with Crippen molar-refractivity contribution in [3.63, 3.8) is 0 Å². The maximum absolute atomic E-state index is 6.23. The molecule has 0 aromatic heterocycles. The van der Waals surface area contributed by atoms with Gasteiger partial charge in [0.2, 0.25) is 0 Å². The average Bonchev–Trinajstić information content (AvgIpc) is 2.87. The number of hydrogen-bond acceptors (Lipinski definition) is 3. The molecule has 0 atom stereocenters. The van der Waals surface area contributed by atoms with Gasteiger partial charge in [-0.05, 0) is 42.9 Å². The molecular formula is C21H22Cl4N4. The van der Waals surface area contributed by atoms with Crippen LogP contribution in [0.25, 0.3) is 0 Å². The number of amidine groups is 1. The normalized spacial score (nSPS) is 15.1. The van der Waals surface area contributed by atoms with Gasteiger partial charge in [-0.3, -0.25) is 9.98 Å². The first-order chi connectivity index (χ1) is 13.9.